The van der Waals surface area contributed by atoms with Crippen LogP contribution < -0.4 is 0 Å². The van der Waals surface area contributed by atoms with Crippen molar-refractivity contribution in [2.45, 2.75) is 27.7 Å². The zero-order valence-electron chi connectivity index (χ0n) is 10.2. The zero-order valence-corrected chi connectivity index (χ0v) is 10.2. The van der Waals surface area contributed by atoms with Crippen LogP contribution in [0.5, 0.6) is 0 Å². The molecule has 4 nitrogen and oxygen atoms in total. The highest BCUT2D eigenvalue weighted by Gasteiger charge is 2.20. The van der Waals surface area contributed by atoms with Gasteiger partial charge in [0, 0.05) is 25.8 Å². The summed E-state index contributed by atoms with van der Waals surface area (Å²) < 4.78 is 1.76. The molecule has 1 rings (SSSR count). The number of hydrogen-bond donors (Lipinski definition) is 0. The highest BCUT2D eigenvalue weighted by molar-refractivity contribution is 5.96. The van der Waals surface area contributed by atoms with Crippen molar-refractivity contribution >= 4 is 5.91 Å². The molecule has 1 amide bonds. The van der Waals surface area contributed by atoms with Gasteiger partial charge in [-0.3, -0.25) is 9.48 Å². The largest absolute Gasteiger partial charge is 0.339 e. The minimum Gasteiger partial charge on any atom is -0.339 e. The number of aromatic nitrogens is 2. The normalized spacial score (nSPS) is 10.5. The maximum absolute atomic E-state index is 12.1. The Bertz CT molecular complexity index is 364. The van der Waals surface area contributed by atoms with Gasteiger partial charge in [0.05, 0.1) is 11.3 Å². The van der Waals surface area contributed by atoms with Crippen LogP contribution >= 0.6 is 0 Å². The van der Waals surface area contributed by atoms with Gasteiger partial charge in [-0.05, 0) is 27.7 Å². The number of rotatable bonds is 3. The van der Waals surface area contributed by atoms with Crippen LogP contribution in [0.3, 0.4) is 0 Å². The Kier molecular flexibility index (Phi) is 3.50. The first-order chi connectivity index (χ1) is 7.02. The molecule has 0 saturated heterocycles. The Balaban J connectivity index is 3.10. The van der Waals surface area contributed by atoms with Crippen molar-refractivity contribution in [2.24, 2.45) is 7.05 Å². The zero-order chi connectivity index (χ0) is 11.6. The molecule has 0 fully saturated rings. The maximum Gasteiger partial charge on any atom is 0.257 e. The molecule has 1 heterocycles. The number of amides is 1. The van der Waals surface area contributed by atoms with Crippen molar-refractivity contribution in [3.05, 3.63) is 17.0 Å². The Labute approximate surface area is 90.9 Å². The molecule has 0 aliphatic carbocycles. The highest BCUT2D eigenvalue weighted by atomic mass is 16.2. The second-order valence-electron chi connectivity index (χ2n) is 3.65. The molecule has 1 aromatic heterocycles. The Hall–Kier alpha value is -1.32. The van der Waals surface area contributed by atoms with E-state index in [4.69, 9.17) is 0 Å². The molecular weight excluding hydrogens is 190 g/mol. The molecule has 0 atom stereocenters. The van der Waals surface area contributed by atoms with E-state index in [9.17, 15) is 4.79 Å². The van der Waals surface area contributed by atoms with Gasteiger partial charge in [-0.2, -0.15) is 5.10 Å². The summed E-state index contributed by atoms with van der Waals surface area (Å²) >= 11 is 0. The van der Waals surface area contributed by atoms with Crippen LogP contribution in [0.4, 0.5) is 0 Å². The molecule has 4 heteroatoms. The lowest BCUT2D eigenvalue weighted by Gasteiger charge is -2.18. The first-order valence-electron chi connectivity index (χ1n) is 5.32. The summed E-state index contributed by atoms with van der Waals surface area (Å²) in [4.78, 5) is 14.0. The third kappa shape index (κ3) is 2.03. The van der Waals surface area contributed by atoms with Gasteiger partial charge in [-0.25, -0.2) is 0 Å². The van der Waals surface area contributed by atoms with Gasteiger partial charge in [0.25, 0.3) is 5.91 Å². The lowest BCUT2D eigenvalue weighted by molar-refractivity contribution is 0.0771. The maximum atomic E-state index is 12.1. The van der Waals surface area contributed by atoms with Crippen molar-refractivity contribution < 1.29 is 4.79 Å². The molecule has 0 aliphatic heterocycles. The van der Waals surface area contributed by atoms with Crippen molar-refractivity contribution in [1.29, 1.82) is 0 Å². The standard InChI is InChI=1S/C11H19N3O/c1-6-14(7-2)11(15)10-8(3)12-13(5)9(10)4/h6-7H2,1-5H3. The summed E-state index contributed by atoms with van der Waals surface area (Å²) in [6.45, 7) is 9.26. The quantitative estimate of drug-likeness (QED) is 0.757. The summed E-state index contributed by atoms with van der Waals surface area (Å²) in [5.41, 5.74) is 2.50. The number of aryl methyl sites for hydroxylation is 2. The Morgan fingerprint density at radius 2 is 1.87 bits per heavy atom. The van der Waals surface area contributed by atoms with E-state index < -0.39 is 0 Å². The minimum atomic E-state index is 0.0862. The van der Waals surface area contributed by atoms with Crippen LogP contribution in [0.25, 0.3) is 0 Å². The average Bonchev–Trinajstić information content (AvgIpc) is 2.43. The number of carbonyl (C=O) groups excluding carboxylic acids is 1. The van der Waals surface area contributed by atoms with Gasteiger partial charge in [0.2, 0.25) is 0 Å². The topological polar surface area (TPSA) is 38.1 Å². The van der Waals surface area contributed by atoms with E-state index in [1.54, 1.807) is 4.68 Å². The molecule has 0 bridgehead atoms. The van der Waals surface area contributed by atoms with Gasteiger partial charge in [-0.1, -0.05) is 0 Å². The summed E-state index contributed by atoms with van der Waals surface area (Å²) in [5, 5.41) is 4.25. The van der Waals surface area contributed by atoms with Crippen molar-refractivity contribution in [3.8, 4) is 0 Å². The second kappa shape index (κ2) is 4.47. The predicted octanol–water partition coefficient (Wildman–Crippen LogP) is 1.52. The summed E-state index contributed by atoms with van der Waals surface area (Å²) in [6.07, 6.45) is 0. The van der Waals surface area contributed by atoms with Crippen LogP contribution in [-0.4, -0.2) is 33.7 Å². The smallest absolute Gasteiger partial charge is 0.257 e. The molecule has 0 aromatic carbocycles. The van der Waals surface area contributed by atoms with Crippen LogP contribution in [-0.2, 0) is 7.05 Å². The number of nitrogens with zero attached hydrogens (tertiary/aromatic N) is 3. The lowest BCUT2D eigenvalue weighted by atomic mass is 10.1. The molecule has 0 unspecified atom stereocenters. The van der Waals surface area contributed by atoms with E-state index in [0.29, 0.717) is 0 Å². The van der Waals surface area contributed by atoms with Crippen molar-refractivity contribution in [3.63, 3.8) is 0 Å². The summed E-state index contributed by atoms with van der Waals surface area (Å²) in [6, 6.07) is 0. The van der Waals surface area contributed by atoms with Crippen molar-refractivity contribution in [1.82, 2.24) is 14.7 Å². The van der Waals surface area contributed by atoms with Crippen LogP contribution in [0.2, 0.25) is 0 Å². The van der Waals surface area contributed by atoms with E-state index >= 15 is 0 Å². The predicted molar refractivity (Wildman–Crippen MR) is 59.9 cm³/mol. The van der Waals surface area contributed by atoms with Crippen LogP contribution in [0.1, 0.15) is 35.6 Å². The highest BCUT2D eigenvalue weighted by Crippen LogP contribution is 2.14. The van der Waals surface area contributed by atoms with E-state index in [0.717, 1.165) is 30.0 Å². The molecule has 0 aliphatic rings. The van der Waals surface area contributed by atoms with Crippen LogP contribution in [0, 0.1) is 13.8 Å². The molecule has 0 N–H and O–H groups in total. The second-order valence-corrected chi connectivity index (χ2v) is 3.65. The van der Waals surface area contributed by atoms with Gasteiger partial charge >= 0.3 is 0 Å². The Morgan fingerprint density at radius 1 is 1.33 bits per heavy atom. The molecule has 0 radical (unpaired) electrons. The van der Waals surface area contributed by atoms with Crippen molar-refractivity contribution in [2.75, 3.05) is 13.1 Å². The third-order valence-corrected chi connectivity index (χ3v) is 2.77. The molecular formula is C11H19N3O. The van der Waals surface area contributed by atoms with E-state index in [1.807, 2.05) is 39.6 Å². The van der Waals surface area contributed by atoms with E-state index in [1.165, 1.54) is 0 Å². The molecule has 1 aromatic rings. The van der Waals surface area contributed by atoms with Gasteiger partial charge in [0.15, 0.2) is 0 Å². The molecule has 0 saturated carbocycles. The monoisotopic (exact) mass is 209 g/mol. The number of hydrogen-bond acceptors (Lipinski definition) is 2. The van der Waals surface area contributed by atoms with Gasteiger partial charge in [0.1, 0.15) is 0 Å². The average molecular weight is 209 g/mol. The van der Waals surface area contributed by atoms with Gasteiger partial charge < -0.3 is 4.90 Å². The fourth-order valence-corrected chi connectivity index (χ4v) is 1.75. The first kappa shape index (κ1) is 11.8. The SMILES string of the molecule is CCN(CC)C(=O)c1c(C)nn(C)c1C. The summed E-state index contributed by atoms with van der Waals surface area (Å²) in [5.74, 6) is 0.0862. The Morgan fingerprint density at radius 3 is 2.20 bits per heavy atom. The summed E-state index contributed by atoms with van der Waals surface area (Å²) in [7, 11) is 1.86. The third-order valence-electron chi connectivity index (χ3n) is 2.77. The number of carbonyl (C=O) groups is 1. The van der Waals surface area contributed by atoms with E-state index in [2.05, 4.69) is 5.10 Å². The van der Waals surface area contributed by atoms with Crippen LogP contribution in [0.15, 0.2) is 0 Å². The molecule has 0 spiro atoms. The fourth-order valence-electron chi connectivity index (χ4n) is 1.75. The fraction of sp³-hybridized carbons (Fsp3) is 0.636. The minimum absolute atomic E-state index is 0.0862. The first-order valence-corrected chi connectivity index (χ1v) is 5.32. The molecule has 84 valence electrons. The molecule has 15 heavy (non-hydrogen) atoms. The van der Waals surface area contributed by atoms with E-state index in [-0.39, 0.29) is 5.91 Å². The van der Waals surface area contributed by atoms with Gasteiger partial charge in [-0.15, -0.1) is 0 Å². The lowest BCUT2D eigenvalue weighted by Crippen LogP contribution is -2.31.